The van der Waals surface area contributed by atoms with Gasteiger partial charge in [0.05, 0.1) is 5.48 Å². The average molecular weight is 171 g/mol. The van der Waals surface area contributed by atoms with E-state index in [0.717, 1.165) is 0 Å². The number of aliphatic carboxylic acids is 1. The largest absolute Gasteiger partial charge is 0.508 e. The van der Waals surface area contributed by atoms with Crippen LogP contribution in [0.25, 0.3) is 0 Å². The molecule has 0 spiro atoms. The molecule has 0 bridgehead atoms. The van der Waals surface area contributed by atoms with Crippen LogP contribution in [0.2, 0.25) is 0 Å². The monoisotopic (exact) mass is 171 g/mol. The number of hydrogen-bond acceptors (Lipinski definition) is 3. The molecule has 0 saturated heterocycles. The summed E-state index contributed by atoms with van der Waals surface area (Å²) in [6, 6.07) is -4.35. The van der Waals surface area contributed by atoms with Crippen LogP contribution in [0.15, 0.2) is 24.2 Å². The molecule has 0 amide bonds. The Bertz CT molecular complexity index is 434. The van der Waals surface area contributed by atoms with Crippen LogP contribution in [0.5, 0.6) is 5.75 Å². The van der Waals surface area contributed by atoms with Crippen molar-refractivity contribution in [3.63, 3.8) is 0 Å². The van der Waals surface area contributed by atoms with Crippen molar-refractivity contribution in [2.24, 2.45) is 5.73 Å². The van der Waals surface area contributed by atoms with Gasteiger partial charge in [0.15, 0.2) is 0 Å². The number of nitrogens with two attached hydrogens (primary N) is 1. The topological polar surface area (TPSA) is 83.6 Å². The minimum absolute atomic E-state index is 0.444. The fourth-order valence-corrected chi connectivity index (χ4v) is 0.595. The van der Waals surface area contributed by atoms with Crippen LogP contribution in [0, 0.1) is 0 Å². The van der Waals surface area contributed by atoms with Crippen molar-refractivity contribution in [1.82, 2.24) is 0 Å². The maximum Gasteiger partial charge on any atom is 0.325 e. The molecule has 0 fully saturated rings. The Morgan fingerprint density at radius 3 is 2.42 bits per heavy atom. The molecule has 1 aromatic rings. The third kappa shape index (κ3) is 1.73. The van der Waals surface area contributed by atoms with Crippen molar-refractivity contribution in [1.29, 1.82) is 0 Å². The lowest BCUT2D eigenvalue weighted by atomic mass is 10.1. The summed E-state index contributed by atoms with van der Waals surface area (Å²) in [5.74, 6) is -2.29. The zero-order chi connectivity index (χ0) is 12.6. The molecule has 0 aromatic heterocycles. The Morgan fingerprint density at radius 1 is 1.50 bits per heavy atom. The molecular weight excluding hydrogens is 158 g/mol. The van der Waals surface area contributed by atoms with Gasteiger partial charge < -0.3 is 15.9 Å². The predicted octanol–water partition coefficient (Wildman–Crippen LogP) is 0.477. The van der Waals surface area contributed by atoms with E-state index in [4.69, 9.17) is 16.3 Å². The molecule has 0 unspecified atom stereocenters. The Balaban J connectivity index is 3.57. The average Bonchev–Trinajstić information content (AvgIpc) is 2.23. The standard InChI is InChI=1S/C8H9NO3/c9-7(8(11)12)5-1-3-6(10)4-2-5/h1-4,7,10H,9H2,(H,11,12)/t7-/m1/s1/i1D,2D,3D,4D. The number of benzene rings is 1. The van der Waals surface area contributed by atoms with Crippen molar-refractivity contribution < 1.29 is 20.5 Å². The van der Waals surface area contributed by atoms with E-state index >= 15 is 0 Å². The summed E-state index contributed by atoms with van der Waals surface area (Å²) < 4.78 is 29.3. The van der Waals surface area contributed by atoms with Gasteiger partial charge in [0.25, 0.3) is 0 Å². The van der Waals surface area contributed by atoms with Gasteiger partial charge in [-0.2, -0.15) is 0 Å². The number of rotatable bonds is 2. The zero-order valence-corrected chi connectivity index (χ0v) is 5.96. The maximum absolute atomic E-state index is 10.6. The molecule has 1 aromatic carbocycles. The molecule has 0 radical (unpaired) electrons. The van der Waals surface area contributed by atoms with Crippen LogP contribution in [0.1, 0.15) is 17.1 Å². The van der Waals surface area contributed by atoms with Gasteiger partial charge in [-0.05, 0) is 17.6 Å². The van der Waals surface area contributed by atoms with E-state index in [1.807, 2.05) is 0 Å². The second-order valence-electron chi connectivity index (χ2n) is 2.08. The van der Waals surface area contributed by atoms with Crippen molar-refractivity contribution >= 4 is 5.97 Å². The summed E-state index contributed by atoms with van der Waals surface area (Å²) >= 11 is 0. The first-order valence-electron chi connectivity index (χ1n) is 5.06. The summed E-state index contributed by atoms with van der Waals surface area (Å²) in [5.41, 5.74) is 4.80. The molecule has 0 heterocycles. The van der Waals surface area contributed by atoms with E-state index in [9.17, 15) is 9.90 Å². The molecule has 0 aliphatic rings. The molecule has 1 atom stereocenters. The van der Waals surface area contributed by atoms with Crippen LogP contribution in [-0.2, 0) is 4.79 Å². The molecule has 4 nitrogen and oxygen atoms in total. The number of phenolic OH excluding ortho intramolecular Hbond substituents is 1. The summed E-state index contributed by atoms with van der Waals surface area (Å²) in [6.07, 6.45) is 0. The molecule has 0 aliphatic carbocycles. The molecule has 0 saturated carbocycles. The second kappa shape index (κ2) is 3.23. The number of carbonyl (C=O) groups is 1. The summed E-state index contributed by atoms with van der Waals surface area (Å²) in [6.45, 7) is 0. The molecular formula is C8H9NO3. The Hall–Kier alpha value is -1.55. The Labute approximate surface area is 74.9 Å². The lowest BCUT2D eigenvalue weighted by Gasteiger charge is -2.05. The van der Waals surface area contributed by atoms with Gasteiger partial charge >= 0.3 is 5.97 Å². The highest BCUT2D eigenvalue weighted by molar-refractivity contribution is 5.75. The van der Waals surface area contributed by atoms with E-state index in [1.165, 1.54) is 0 Å². The SMILES string of the molecule is [2H]c1c([2H])c([C@@H](N)C(=O)O)c([2H])c([2H])c1O. The van der Waals surface area contributed by atoms with Gasteiger partial charge in [0.2, 0.25) is 0 Å². The summed E-state index contributed by atoms with van der Waals surface area (Å²) in [5, 5.41) is 17.9. The van der Waals surface area contributed by atoms with E-state index in [2.05, 4.69) is 0 Å². The van der Waals surface area contributed by atoms with Gasteiger partial charge in [-0.3, -0.25) is 4.79 Å². The van der Waals surface area contributed by atoms with Gasteiger partial charge in [0, 0.05) is 0 Å². The number of aromatic hydroxyl groups is 1. The minimum atomic E-state index is -1.66. The lowest BCUT2D eigenvalue weighted by molar-refractivity contribution is -0.138. The second-order valence-corrected chi connectivity index (χ2v) is 2.08. The van der Waals surface area contributed by atoms with Gasteiger partial charge in [0.1, 0.15) is 11.8 Å². The first-order chi connectivity index (χ1) is 7.29. The Morgan fingerprint density at radius 2 is 2.00 bits per heavy atom. The van der Waals surface area contributed by atoms with Crippen LogP contribution in [-0.4, -0.2) is 16.2 Å². The molecule has 12 heavy (non-hydrogen) atoms. The smallest absolute Gasteiger partial charge is 0.325 e. The molecule has 1 rings (SSSR count). The van der Waals surface area contributed by atoms with Crippen molar-refractivity contribution in [3.8, 4) is 5.75 Å². The van der Waals surface area contributed by atoms with Crippen molar-refractivity contribution in [3.05, 3.63) is 29.7 Å². The fourth-order valence-electron chi connectivity index (χ4n) is 0.595. The number of carboxylic acid groups (broad SMARTS) is 1. The van der Waals surface area contributed by atoms with Crippen LogP contribution < -0.4 is 5.73 Å². The minimum Gasteiger partial charge on any atom is -0.508 e. The highest BCUT2D eigenvalue weighted by Gasteiger charge is 2.13. The van der Waals surface area contributed by atoms with Crippen LogP contribution in [0.4, 0.5) is 0 Å². The lowest BCUT2D eigenvalue weighted by Crippen LogP contribution is -2.20. The fraction of sp³-hybridized carbons (Fsp3) is 0.125. The molecule has 4 heteroatoms. The number of hydrogen-bond donors (Lipinski definition) is 3. The third-order valence-corrected chi connectivity index (χ3v) is 1.21. The highest BCUT2D eigenvalue weighted by atomic mass is 16.4. The van der Waals surface area contributed by atoms with Crippen LogP contribution >= 0.6 is 0 Å². The summed E-state index contributed by atoms with van der Waals surface area (Å²) in [4.78, 5) is 10.6. The van der Waals surface area contributed by atoms with Crippen molar-refractivity contribution in [2.45, 2.75) is 6.04 Å². The third-order valence-electron chi connectivity index (χ3n) is 1.21. The number of carboxylic acids is 1. The van der Waals surface area contributed by atoms with Gasteiger partial charge in [-0.1, -0.05) is 12.1 Å². The number of phenols is 1. The molecule has 4 N–H and O–H groups in total. The Kier molecular flexibility index (Phi) is 1.20. The van der Waals surface area contributed by atoms with E-state index in [1.54, 1.807) is 0 Å². The van der Waals surface area contributed by atoms with Crippen molar-refractivity contribution in [2.75, 3.05) is 0 Å². The van der Waals surface area contributed by atoms with Crippen LogP contribution in [0.3, 0.4) is 0 Å². The van der Waals surface area contributed by atoms with E-state index in [-0.39, 0.29) is 0 Å². The molecule has 64 valence electrons. The highest BCUT2D eigenvalue weighted by Crippen LogP contribution is 2.14. The zero-order valence-electron chi connectivity index (χ0n) is 9.96. The summed E-state index contributed by atoms with van der Waals surface area (Å²) in [7, 11) is 0. The molecule has 0 aliphatic heterocycles. The predicted molar refractivity (Wildman–Crippen MR) is 42.7 cm³/mol. The maximum atomic E-state index is 10.6. The van der Waals surface area contributed by atoms with E-state index in [0.29, 0.717) is 0 Å². The van der Waals surface area contributed by atoms with Gasteiger partial charge in [-0.25, -0.2) is 0 Å². The quantitative estimate of drug-likeness (QED) is 0.604. The normalized spacial score (nSPS) is 17.1. The first kappa shape index (κ1) is 4.47. The van der Waals surface area contributed by atoms with E-state index < -0.39 is 47.5 Å². The van der Waals surface area contributed by atoms with Gasteiger partial charge in [-0.15, -0.1) is 0 Å². The first-order valence-corrected chi connectivity index (χ1v) is 3.06.